The van der Waals surface area contributed by atoms with Gasteiger partial charge in [0.25, 0.3) is 0 Å². The maximum Gasteiger partial charge on any atom is 0.408 e. The van der Waals surface area contributed by atoms with Crippen LogP contribution in [0.1, 0.15) is 40.2 Å². The van der Waals surface area contributed by atoms with E-state index < -0.39 is 17.7 Å². The summed E-state index contributed by atoms with van der Waals surface area (Å²) in [5, 5.41) is 2.69. The second kappa shape index (κ2) is 7.25. The second-order valence-corrected chi connectivity index (χ2v) is 6.45. The maximum absolute atomic E-state index is 12.3. The molecule has 21 heavy (non-hydrogen) atoms. The number of carbonyl (C=O) groups excluding carboxylic acids is 2. The van der Waals surface area contributed by atoms with E-state index in [0.29, 0.717) is 6.42 Å². The van der Waals surface area contributed by atoms with Gasteiger partial charge in [-0.1, -0.05) is 44.2 Å². The average molecular weight is 291 g/mol. The molecule has 0 saturated heterocycles. The third-order valence-electron chi connectivity index (χ3n) is 2.89. The fourth-order valence-electron chi connectivity index (χ4n) is 1.92. The Hall–Kier alpha value is -1.84. The number of amides is 1. The van der Waals surface area contributed by atoms with Crippen molar-refractivity contribution in [3.8, 4) is 0 Å². The minimum Gasteiger partial charge on any atom is -0.444 e. The van der Waals surface area contributed by atoms with Crippen LogP contribution < -0.4 is 5.32 Å². The number of Topliss-reactive ketones (excluding diaryl/α,β-unsaturated/α-hetero) is 1. The first kappa shape index (κ1) is 17.2. The van der Waals surface area contributed by atoms with E-state index in [2.05, 4.69) is 5.32 Å². The maximum atomic E-state index is 12.3. The zero-order valence-corrected chi connectivity index (χ0v) is 13.5. The highest BCUT2D eigenvalue weighted by Crippen LogP contribution is 2.11. The van der Waals surface area contributed by atoms with E-state index in [4.69, 9.17) is 4.74 Å². The number of rotatable bonds is 5. The lowest BCUT2D eigenvalue weighted by atomic mass is 9.96. The van der Waals surface area contributed by atoms with Gasteiger partial charge in [0, 0.05) is 5.92 Å². The highest BCUT2D eigenvalue weighted by molar-refractivity contribution is 5.89. The van der Waals surface area contributed by atoms with E-state index in [-0.39, 0.29) is 11.7 Å². The van der Waals surface area contributed by atoms with Gasteiger partial charge in [0.05, 0.1) is 6.04 Å². The molecule has 116 valence electrons. The molecule has 0 saturated carbocycles. The monoisotopic (exact) mass is 291 g/mol. The zero-order valence-electron chi connectivity index (χ0n) is 13.5. The van der Waals surface area contributed by atoms with Crippen molar-refractivity contribution >= 4 is 11.9 Å². The number of ketones is 1. The Morgan fingerprint density at radius 1 is 1.14 bits per heavy atom. The van der Waals surface area contributed by atoms with Crippen LogP contribution in [0.15, 0.2) is 30.3 Å². The summed E-state index contributed by atoms with van der Waals surface area (Å²) in [7, 11) is 0. The first-order valence-corrected chi connectivity index (χ1v) is 7.26. The Morgan fingerprint density at radius 2 is 1.71 bits per heavy atom. The number of ether oxygens (including phenoxy) is 1. The molecule has 0 bridgehead atoms. The minimum atomic E-state index is -0.581. The molecule has 1 unspecified atom stereocenters. The van der Waals surface area contributed by atoms with Crippen LogP contribution >= 0.6 is 0 Å². The van der Waals surface area contributed by atoms with Crippen molar-refractivity contribution in [3.63, 3.8) is 0 Å². The molecule has 0 radical (unpaired) electrons. The normalized spacial score (nSPS) is 12.9. The van der Waals surface area contributed by atoms with Gasteiger partial charge in [0.2, 0.25) is 0 Å². The highest BCUT2D eigenvalue weighted by Gasteiger charge is 2.26. The first-order chi connectivity index (χ1) is 9.69. The molecule has 4 nitrogen and oxygen atoms in total. The summed E-state index contributed by atoms with van der Waals surface area (Å²) in [5.74, 6) is -0.140. The predicted molar refractivity (Wildman–Crippen MR) is 83.1 cm³/mol. The molecular formula is C17H25NO3. The van der Waals surface area contributed by atoms with Crippen LogP contribution in [0.4, 0.5) is 4.79 Å². The van der Waals surface area contributed by atoms with E-state index >= 15 is 0 Å². The summed E-state index contributed by atoms with van der Waals surface area (Å²) >= 11 is 0. The zero-order chi connectivity index (χ0) is 16.0. The van der Waals surface area contributed by atoms with Crippen molar-refractivity contribution in [2.45, 2.75) is 52.7 Å². The van der Waals surface area contributed by atoms with Crippen LogP contribution in [0, 0.1) is 5.92 Å². The smallest absolute Gasteiger partial charge is 0.408 e. The van der Waals surface area contributed by atoms with Gasteiger partial charge in [-0.2, -0.15) is 0 Å². The quantitative estimate of drug-likeness (QED) is 0.905. The lowest BCUT2D eigenvalue weighted by molar-refractivity contribution is -0.124. The number of hydrogen-bond donors (Lipinski definition) is 1. The fourth-order valence-corrected chi connectivity index (χ4v) is 1.92. The second-order valence-electron chi connectivity index (χ2n) is 6.45. The topological polar surface area (TPSA) is 55.4 Å². The number of nitrogens with one attached hydrogen (secondary N) is 1. The van der Waals surface area contributed by atoms with Gasteiger partial charge >= 0.3 is 6.09 Å². The summed E-state index contributed by atoms with van der Waals surface area (Å²) in [6.07, 6.45) is -0.0886. The van der Waals surface area contributed by atoms with Crippen LogP contribution in [0.2, 0.25) is 0 Å². The number of carbonyl (C=O) groups is 2. The van der Waals surface area contributed by atoms with Gasteiger partial charge < -0.3 is 10.1 Å². The molecule has 0 spiro atoms. The van der Waals surface area contributed by atoms with E-state index in [9.17, 15) is 9.59 Å². The SMILES string of the molecule is CC(C)C(=O)C(Cc1ccccc1)NC(=O)OC(C)(C)C. The van der Waals surface area contributed by atoms with E-state index in [0.717, 1.165) is 5.56 Å². The molecule has 0 aliphatic heterocycles. The van der Waals surface area contributed by atoms with Crippen molar-refractivity contribution in [2.24, 2.45) is 5.92 Å². The summed E-state index contributed by atoms with van der Waals surface area (Å²) in [5.41, 5.74) is 0.426. The van der Waals surface area contributed by atoms with Crippen molar-refractivity contribution in [2.75, 3.05) is 0 Å². The van der Waals surface area contributed by atoms with Gasteiger partial charge in [-0.05, 0) is 32.8 Å². The van der Waals surface area contributed by atoms with Crippen molar-refractivity contribution < 1.29 is 14.3 Å². The van der Waals surface area contributed by atoms with Crippen molar-refractivity contribution in [1.29, 1.82) is 0 Å². The van der Waals surface area contributed by atoms with Crippen LogP contribution in [0.3, 0.4) is 0 Å². The molecule has 1 atom stereocenters. The van der Waals surface area contributed by atoms with Gasteiger partial charge in [0.15, 0.2) is 5.78 Å². The van der Waals surface area contributed by atoms with Gasteiger partial charge in [-0.3, -0.25) is 4.79 Å². The molecule has 0 aliphatic rings. The Balaban J connectivity index is 2.78. The largest absolute Gasteiger partial charge is 0.444 e. The Labute approximate surface area is 126 Å². The van der Waals surface area contributed by atoms with Gasteiger partial charge in [-0.25, -0.2) is 4.79 Å². The summed E-state index contributed by atoms with van der Waals surface area (Å²) < 4.78 is 5.23. The van der Waals surface area contributed by atoms with Crippen molar-refractivity contribution in [1.82, 2.24) is 5.32 Å². The number of benzene rings is 1. The number of alkyl carbamates (subject to hydrolysis) is 1. The average Bonchev–Trinajstić information content (AvgIpc) is 2.36. The van der Waals surface area contributed by atoms with Crippen LogP contribution in [0.25, 0.3) is 0 Å². The van der Waals surface area contributed by atoms with Crippen molar-refractivity contribution in [3.05, 3.63) is 35.9 Å². The third-order valence-corrected chi connectivity index (χ3v) is 2.89. The molecule has 1 rings (SSSR count). The van der Waals surface area contributed by atoms with E-state index in [1.807, 2.05) is 44.2 Å². The first-order valence-electron chi connectivity index (χ1n) is 7.26. The molecule has 1 aromatic rings. The summed E-state index contributed by atoms with van der Waals surface area (Å²) in [6.45, 7) is 9.04. The van der Waals surface area contributed by atoms with E-state index in [1.54, 1.807) is 20.8 Å². The van der Waals surface area contributed by atoms with Crippen LogP contribution in [-0.4, -0.2) is 23.5 Å². The summed E-state index contributed by atoms with van der Waals surface area (Å²) in [4.78, 5) is 24.2. The Morgan fingerprint density at radius 3 is 2.19 bits per heavy atom. The minimum absolute atomic E-state index is 0.00436. The number of hydrogen-bond acceptors (Lipinski definition) is 3. The Kier molecular flexibility index (Phi) is 5.94. The van der Waals surface area contributed by atoms with Crippen LogP contribution in [-0.2, 0) is 16.0 Å². The molecule has 0 aromatic heterocycles. The molecule has 1 amide bonds. The lowest BCUT2D eigenvalue weighted by Gasteiger charge is -2.24. The Bertz CT molecular complexity index is 475. The highest BCUT2D eigenvalue weighted by atomic mass is 16.6. The fraction of sp³-hybridized carbons (Fsp3) is 0.529. The van der Waals surface area contributed by atoms with Crippen LogP contribution in [0.5, 0.6) is 0 Å². The molecule has 1 N–H and O–H groups in total. The molecular weight excluding hydrogens is 266 g/mol. The molecule has 1 aromatic carbocycles. The van der Waals surface area contributed by atoms with E-state index in [1.165, 1.54) is 0 Å². The van der Waals surface area contributed by atoms with Gasteiger partial charge in [0.1, 0.15) is 5.60 Å². The molecule has 0 heterocycles. The third kappa shape index (κ3) is 6.43. The summed E-state index contributed by atoms with van der Waals surface area (Å²) in [6, 6.07) is 9.07. The molecule has 0 aliphatic carbocycles. The predicted octanol–water partition coefficient (Wildman–Crippen LogP) is 3.35. The van der Waals surface area contributed by atoms with Gasteiger partial charge in [-0.15, -0.1) is 0 Å². The molecule has 4 heteroatoms. The lowest BCUT2D eigenvalue weighted by Crippen LogP contribution is -2.46. The molecule has 0 fully saturated rings. The standard InChI is InChI=1S/C17H25NO3/c1-12(2)15(19)14(11-13-9-7-6-8-10-13)18-16(20)21-17(3,4)5/h6-10,12,14H,11H2,1-5H3,(H,18,20).